The summed E-state index contributed by atoms with van der Waals surface area (Å²) in [7, 11) is -5.58. The first-order valence-corrected chi connectivity index (χ1v) is 8.70. The molecule has 25 heavy (non-hydrogen) atoms. The second-order valence-corrected chi connectivity index (χ2v) is 7.35. The Kier molecular flexibility index (Phi) is 7.01. The Hall–Kier alpha value is -2.06. The van der Waals surface area contributed by atoms with E-state index in [4.69, 9.17) is 5.73 Å². The van der Waals surface area contributed by atoms with E-state index in [0.29, 0.717) is 5.56 Å². The Balaban J connectivity index is 0.000000370. The lowest BCUT2D eigenvalue weighted by molar-refractivity contribution is -0.0625. The van der Waals surface area contributed by atoms with Gasteiger partial charge in [0.25, 0.3) is 0 Å². The fourth-order valence-corrected chi connectivity index (χ4v) is 2.66. The van der Waals surface area contributed by atoms with Crippen LogP contribution in [0, 0.1) is 0 Å². The summed E-state index contributed by atoms with van der Waals surface area (Å²) in [6.45, 7) is 2.59. The average molecular weight is 375 g/mol. The summed E-state index contributed by atoms with van der Waals surface area (Å²) >= 11 is 0. The van der Waals surface area contributed by atoms with Gasteiger partial charge in [-0.05, 0) is 31.5 Å². The molecule has 4 nitrogen and oxygen atoms in total. The highest BCUT2D eigenvalue weighted by molar-refractivity contribution is 7.87. The van der Waals surface area contributed by atoms with Gasteiger partial charge in [0.05, 0.1) is 5.60 Å². The van der Waals surface area contributed by atoms with E-state index in [0.717, 1.165) is 5.69 Å². The fraction of sp³-hybridized carbons (Fsp3) is 0.294. The fourth-order valence-electron chi connectivity index (χ4n) is 1.91. The van der Waals surface area contributed by atoms with E-state index in [1.807, 2.05) is 30.3 Å². The molecular weight excluding hydrogens is 355 g/mol. The molecule has 0 saturated carbocycles. The minimum absolute atomic E-state index is 0.0587. The van der Waals surface area contributed by atoms with Gasteiger partial charge in [-0.3, -0.25) is 4.18 Å². The second-order valence-electron chi connectivity index (χ2n) is 5.82. The largest absolute Gasteiger partial charge is 0.523 e. The molecule has 2 rings (SSSR count). The van der Waals surface area contributed by atoms with Crippen molar-refractivity contribution in [2.75, 3.05) is 5.73 Å². The van der Waals surface area contributed by atoms with Gasteiger partial charge in [-0.25, -0.2) is 0 Å². The summed E-state index contributed by atoms with van der Waals surface area (Å²) in [6, 6.07) is 18.0. The van der Waals surface area contributed by atoms with Crippen LogP contribution < -0.4 is 5.73 Å². The van der Waals surface area contributed by atoms with Crippen molar-refractivity contribution in [3.05, 3.63) is 66.2 Å². The number of alkyl halides is 3. The minimum atomic E-state index is -5.58. The number of nitrogen functional groups attached to an aromatic ring is 1. The van der Waals surface area contributed by atoms with Gasteiger partial charge in [-0.2, -0.15) is 21.6 Å². The normalized spacial score (nSPS) is 12.2. The van der Waals surface area contributed by atoms with Gasteiger partial charge < -0.3 is 5.73 Å². The molecule has 0 aliphatic heterocycles. The number of halogens is 3. The van der Waals surface area contributed by atoms with Gasteiger partial charge >= 0.3 is 15.6 Å². The SMILES string of the molecule is CC(C)(Cc1ccccc1)OS(=O)(=O)C(F)(F)F.Nc1ccccc1. The molecule has 0 bridgehead atoms. The van der Waals surface area contributed by atoms with Crippen LogP contribution >= 0.6 is 0 Å². The monoisotopic (exact) mass is 375 g/mol. The van der Waals surface area contributed by atoms with E-state index >= 15 is 0 Å². The molecule has 2 N–H and O–H groups in total. The van der Waals surface area contributed by atoms with E-state index in [9.17, 15) is 21.6 Å². The topological polar surface area (TPSA) is 69.4 Å². The van der Waals surface area contributed by atoms with Crippen molar-refractivity contribution < 1.29 is 25.8 Å². The van der Waals surface area contributed by atoms with Gasteiger partial charge in [0.1, 0.15) is 0 Å². The van der Waals surface area contributed by atoms with Crippen LogP contribution in [0.2, 0.25) is 0 Å². The van der Waals surface area contributed by atoms with E-state index < -0.39 is 21.2 Å². The molecule has 0 fully saturated rings. The highest BCUT2D eigenvalue weighted by atomic mass is 32.2. The maximum Gasteiger partial charge on any atom is 0.523 e. The zero-order chi connectivity index (χ0) is 19.1. The molecule has 0 amide bonds. The standard InChI is InChI=1S/C11H13F3O3S.C6H7N/c1-10(2,8-9-6-4-3-5-7-9)17-18(15,16)11(12,13)14;7-6-4-2-1-3-5-6/h3-7H,8H2,1-2H3;1-5H,7H2. The molecule has 2 aromatic carbocycles. The Morgan fingerprint density at radius 1 is 0.920 bits per heavy atom. The van der Waals surface area contributed by atoms with E-state index in [1.165, 1.54) is 13.8 Å². The lowest BCUT2D eigenvalue weighted by Crippen LogP contribution is -2.36. The molecular formula is C17H20F3NO3S. The van der Waals surface area contributed by atoms with E-state index in [1.54, 1.807) is 30.3 Å². The Morgan fingerprint density at radius 3 is 1.72 bits per heavy atom. The van der Waals surface area contributed by atoms with E-state index in [2.05, 4.69) is 4.18 Å². The first-order chi connectivity index (χ1) is 11.4. The minimum Gasteiger partial charge on any atom is -0.399 e. The summed E-state index contributed by atoms with van der Waals surface area (Å²) in [5.74, 6) is 0. The molecule has 0 atom stereocenters. The van der Waals surface area contributed by atoms with Gasteiger partial charge in [-0.1, -0.05) is 48.5 Å². The molecule has 0 saturated heterocycles. The number of rotatable bonds is 4. The Labute approximate surface area is 145 Å². The number of anilines is 1. The molecule has 0 radical (unpaired) electrons. The smallest absolute Gasteiger partial charge is 0.399 e. The molecule has 138 valence electrons. The molecule has 0 aliphatic rings. The Bertz CT molecular complexity index is 746. The highest BCUT2D eigenvalue weighted by Crippen LogP contribution is 2.30. The first-order valence-electron chi connectivity index (χ1n) is 7.29. The van der Waals surface area contributed by atoms with Crippen LogP contribution in [-0.4, -0.2) is 19.5 Å². The predicted molar refractivity (Wildman–Crippen MR) is 91.1 cm³/mol. The average Bonchev–Trinajstić information content (AvgIpc) is 2.47. The van der Waals surface area contributed by atoms with Crippen molar-refractivity contribution in [1.29, 1.82) is 0 Å². The van der Waals surface area contributed by atoms with Crippen molar-refractivity contribution >= 4 is 15.8 Å². The number of nitrogens with two attached hydrogens (primary N) is 1. The molecule has 0 heterocycles. The number of benzene rings is 2. The van der Waals surface area contributed by atoms with Gasteiger partial charge in [0.2, 0.25) is 0 Å². The third kappa shape index (κ3) is 7.57. The third-order valence-corrected chi connectivity index (χ3v) is 4.13. The summed E-state index contributed by atoms with van der Waals surface area (Å²) < 4.78 is 62.6. The quantitative estimate of drug-likeness (QED) is 0.495. The van der Waals surface area contributed by atoms with Crippen LogP contribution in [0.15, 0.2) is 60.7 Å². The third-order valence-electron chi connectivity index (χ3n) is 2.89. The van der Waals surface area contributed by atoms with Crippen LogP contribution in [0.4, 0.5) is 18.9 Å². The summed E-state index contributed by atoms with van der Waals surface area (Å²) in [4.78, 5) is 0. The van der Waals surface area contributed by atoms with Crippen molar-refractivity contribution in [3.8, 4) is 0 Å². The maximum absolute atomic E-state index is 12.2. The van der Waals surface area contributed by atoms with Gasteiger partial charge in [-0.15, -0.1) is 0 Å². The zero-order valence-corrected chi connectivity index (χ0v) is 14.6. The Morgan fingerprint density at radius 2 is 1.36 bits per heavy atom. The summed E-state index contributed by atoms with van der Waals surface area (Å²) in [6.07, 6.45) is 0.0587. The van der Waals surface area contributed by atoms with Crippen molar-refractivity contribution in [1.82, 2.24) is 0 Å². The molecule has 2 aromatic rings. The molecule has 0 spiro atoms. The van der Waals surface area contributed by atoms with Crippen LogP contribution in [0.1, 0.15) is 19.4 Å². The van der Waals surface area contributed by atoms with Crippen LogP contribution in [0.5, 0.6) is 0 Å². The van der Waals surface area contributed by atoms with Crippen molar-refractivity contribution in [3.63, 3.8) is 0 Å². The van der Waals surface area contributed by atoms with Gasteiger partial charge in [0, 0.05) is 12.1 Å². The summed E-state index contributed by atoms with van der Waals surface area (Å²) in [5, 5.41) is 0. The van der Waals surface area contributed by atoms with Crippen LogP contribution in [0.25, 0.3) is 0 Å². The summed E-state index contributed by atoms with van der Waals surface area (Å²) in [5.41, 5.74) is 0.00945. The highest BCUT2D eigenvalue weighted by Gasteiger charge is 2.50. The first kappa shape index (κ1) is 21.0. The zero-order valence-electron chi connectivity index (χ0n) is 13.8. The molecule has 8 heteroatoms. The maximum atomic E-state index is 12.2. The lowest BCUT2D eigenvalue weighted by Gasteiger charge is -2.25. The van der Waals surface area contributed by atoms with Crippen molar-refractivity contribution in [2.24, 2.45) is 0 Å². The van der Waals surface area contributed by atoms with E-state index in [-0.39, 0.29) is 6.42 Å². The van der Waals surface area contributed by atoms with Crippen LogP contribution in [-0.2, 0) is 20.7 Å². The molecule has 0 unspecified atom stereocenters. The second kappa shape index (κ2) is 8.35. The van der Waals surface area contributed by atoms with Gasteiger partial charge in [0.15, 0.2) is 0 Å². The predicted octanol–water partition coefficient (Wildman–Crippen LogP) is 4.14. The van der Waals surface area contributed by atoms with Crippen molar-refractivity contribution in [2.45, 2.75) is 31.4 Å². The molecule has 0 aromatic heterocycles. The number of hydrogen-bond donors (Lipinski definition) is 1. The number of hydrogen-bond acceptors (Lipinski definition) is 4. The molecule has 0 aliphatic carbocycles. The number of para-hydroxylation sites is 1. The lowest BCUT2D eigenvalue weighted by atomic mass is 9.99. The van der Waals surface area contributed by atoms with Crippen LogP contribution in [0.3, 0.4) is 0 Å².